The minimum atomic E-state index is -0.868. The van der Waals surface area contributed by atoms with E-state index in [0.29, 0.717) is 19.8 Å². The van der Waals surface area contributed by atoms with Gasteiger partial charge < -0.3 is 19.3 Å². The van der Waals surface area contributed by atoms with Gasteiger partial charge in [0.2, 0.25) is 0 Å². The maximum Gasteiger partial charge on any atom is 0.304 e. The van der Waals surface area contributed by atoms with E-state index in [2.05, 4.69) is 40.4 Å². The minimum Gasteiger partial charge on any atom is -0.490 e. The van der Waals surface area contributed by atoms with E-state index >= 15 is 0 Å². The van der Waals surface area contributed by atoms with Crippen LogP contribution < -0.4 is 9.47 Å². The number of nitrogens with zero attached hydrogens (tertiary/aromatic N) is 1. The molecule has 0 fully saturated rings. The molecule has 2 aromatic carbocycles. The lowest BCUT2D eigenvalue weighted by atomic mass is 9.96. The molecule has 2 heterocycles. The fraction of sp³-hybridized carbons (Fsp3) is 0.267. The lowest BCUT2D eigenvalue weighted by molar-refractivity contribution is -0.137. The van der Waals surface area contributed by atoms with Gasteiger partial charge in [0.25, 0.3) is 0 Å². The van der Waals surface area contributed by atoms with Crippen molar-refractivity contribution in [3.63, 3.8) is 0 Å². The highest BCUT2D eigenvalue weighted by Gasteiger charge is 2.14. The Morgan fingerprint density at radius 3 is 2.59 bits per heavy atom. The Balaban J connectivity index is 1.48. The van der Waals surface area contributed by atoms with Gasteiger partial charge in [-0.2, -0.15) is 0 Å². The molecule has 7 heteroatoms. The molecule has 1 unspecified atom stereocenters. The van der Waals surface area contributed by atoms with Crippen molar-refractivity contribution in [1.82, 2.24) is 4.98 Å². The predicted molar refractivity (Wildman–Crippen MR) is 146 cm³/mol. The van der Waals surface area contributed by atoms with Crippen molar-refractivity contribution < 1.29 is 24.1 Å². The summed E-state index contributed by atoms with van der Waals surface area (Å²) in [5.41, 5.74) is 4.99. The zero-order valence-electron chi connectivity index (χ0n) is 21.1. The molecule has 0 saturated heterocycles. The molecule has 0 radical (unpaired) electrons. The molecule has 0 aliphatic heterocycles. The number of pyridine rings is 1. The van der Waals surface area contributed by atoms with Gasteiger partial charge in [-0.3, -0.25) is 9.78 Å². The summed E-state index contributed by atoms with van der Waals surface area (Å²) < 4.78 is 18.0. The lowest BCUT2D eigenvalue weighted by Gasteiger charge is -2.11. The standard InChI is InChI=1S/C30H29NO5S/c1-4-5-23(16-29(32)33)22-7-9-24(10-8-22)36-18-21-6-11-28-26(15-21)27(19-37-28)30-20(2)14-25(17-31-30)35-13-12-34-3/h6-11,14-15,17,19,23H,12-13,16,18H2,1-3H3,(H,32,33). The molecule has 0 aliphatic rings. The number of benzene rings is 2. The maximum absolute atomic E-state index is 11.1. The summed E-state index contributed by atoms with van der Waals surface area (Å²) in [7, 11) is 1.65. The fourth-order valence-corrected chi connectivity index (χ4v) is 4.99. The first kappa shape index (κ1) is 26.2. The second-order valence-electron chi connectivity index (χ2n) is 8.56. The molecule has 0 bridgehead atoms. The van der Waals surface area contributed by atoms with Crippen LogP contribution in [-0.2, 0) is 16.1 Å². The normalized spacial score (nSPS) is 11.5. The van der Waals surface area contributed by atoms with E-state index < -0.39 is 5.97 Å². The number of aryl methyl sites for hydroxylation is 1. The topological polar surface area (TPSA) is 77.9 Å². The van der Waals surface area contributed by atoms with Crippen molar-refractivity contribution in [2.45, 2.75) is 32.8 Å². The smallest absolute Gasteiger partial charge is 0.304 e. The summed E-state index contributed by atoms with van der Waals surface area (Å²) in [5.74, 6) is 6.04. The molecule has 190 valence electrons. The number of methoxy groups -OCH3 is 1. The number of thiophene rings is 1. The van der Waals surface area contributed by atoms with E-state index in [-0.39, 0.29) is 12.3 Å². The molecule has 1 N–H and O–H groups in total. The summed E-state index contributed by atoms with van der Waals surface area (Å²) in [6.07, 6.45) is 1.73. The minimum absolute atomic E-state index is 0.0259. The molecule has 0 aliphatic carbocycles. The second kappa shape index (κ2) is 12.4. The first-order valence-corrected chi connectivity index (χ1v) is 12.8. The molecule has 1 atom stereocenters. The zero-order chi connectivity index (χ0) is 26.2. The highest BCUT2D eigenvalue weighted by Crippen LogP contribution is 2.36. The Bertz CT molecular complexity index is 1430. The summed E-state index contributed by atoms with van der Waals surface area (Å²) in [6, 6.07) is 15.8. The van der Waals surface area contributed by atoms with Crippen molar-refractivity contribution in [3.8, 4) is 34.6 Å². The lowest BCUT2D eigenvalue weighted by Crippen LogP contribution is -2.04. The monoisotopic (exact) mass is 515 g/mol. The zero-order valence-corrected chi connectivity index (χ0v) is 21.9. The first-order valence-electron chi connectivity index (χ1n) is 11.9. The van der Waals surface area contributed by atoms with E-state index in [0.717, 1.165) is 44.8 Å². The molecular formula is C30H29NO5S. The van der Waals surface area contributed by atoms with Gasteiger partial charge in [-0.15, -0.1) is 17.3 Å². The maximum atomic E-state index is 11.1. The summed E-state index contributed by atoms with van der Waals surface area (Å²) in [5, 5.41) is 12.4. The summed E-state index contributed by atoms with van der Waals surface area (Å²) in [4.78, 5) is 15.8. The Labute approximate surface area is 220 Å². The Hall–Kier alpha value is -3.86. The highest BCUT2D eigenvalue weighted by atomic mass is 32.1. The molecule has 37 heavy (non-hydrogen) atoms. The van der Waals surface area contributed by atoms with Crippen LogP contribution in [0.4, 0.5) is 0 Å². The largest absolute Gasteiger partial charge is 0.490 e. The molecule has 4 rings (SSSR count). The van der Waals surface area contributed by atoms with E-state index in [9.17, 15) is 4.79 Å². The Kier molecular flexibility index (Phi) is 8.78. The van der Waals surface area contributed by atoms with Crippen LogP contribution in [-0.4, -0.2) is 36.4 Å². The van der Waals surface area contributed by atoms with Crippen LogP contribution in [0.3, 0.4) is 0 Å². The average Bonchev–Trinajstić information content (AvgIpc) is 3.30. The molecule has 0 saturated carbocycles. The second-order valence-corrected chi connectivity index (χ2v) is 9.47. The van der Waals surface area contributed by atoms with Crippen LogP contribution in [0.15, 0.2) is 60.1 Å². The number of aromatic nitrogens is 1. The van der Waals surface area contributed by atoms with Crippen LogP contribution in [0.5, 0.6) is 11.5 Å². The third-order valence-electron chi connectivity index (χ3n) is 5.89. The number of aliphatic carboxylic acids is 1. The molecule has 4 aromatic rings. The van der Waals surface area contributed by atoms with Crippen LogP contribution in [0.25, 0.3) is 21.3 Å². The van der Waals surface area contributed by atoms with Crippen molar-refractivity contribution in [2.24, 2.45) is 0 Å². The van der Waals surface area contributed by atoms with Gasteiger partial charge in [0.15, 0.2) is 0 Å². The number of ether oxygens (including phenoxy) is 3. The number of fused-ring (bicyclic) bond motifs is 1. The van der Waals surface area contributed by atoms with E-state index in [1.807, 2.05) is 37.3 Å². The number of carboxylic acids is 1. The number of hydrogen-bond donors (Lipinski definition) is 1. The van der Waals surface area contributed by atoms with Gasteiger partial charge in [0, 0.05) is 28.1 Å². The Morgan fingerprint density at radius 1 is 1.08 bits per heavy atom. The molecular weight excluding hydrogens is 486 g/mol. The molecule has 6 nitrogen and oxygen atoms in total. The molecule has 2 aromatic heterocycles. The number of carboxylic acid groups (broad SMARTS) is 1. The van der Waals surface area contributed by atoms with Gasteiger partial charge in [0.05, 0.1) is 30.8 Å². The van der Waals surface area contributed by atoms with Gasteiger partial charge in [-0.25, -0.2) is 0 Å². The van der Waals surface area contributed by atoms with Crippen molar-refractivity contribution in [3.05, 3.63) is 76.8 Å². The van der Waals surface area contributed by atoms with E-state index in [1.54, 1.807) is 31.6 Å². The van der Waals surface area contributed by atoms with Gasteiger partial charge in [-0.1, -0.05) is 24.1 Å². The quantitative estimate of drug-likeness (QED) is 0.183. The van der Waals surface area contributed by atoms with E-state index in [1.165, 1.54) is 4.70 Å². The van der Waals surface area contributed by atoms with Crippen LogP contribution >= 0.6 is 11.3 Å². The van der Waals surface area contributed by atoms with Gasteiger partial charge >= 0.3 is 5.97 Å². The van der Waals surface area contributed by atoms with Crippen LogP contribution in [0.1, 0.15) is 36.0 Å². The van der Waals surface area contributed by atoms with Crippen molar-refractivity contribution in [1.29, 1.82) is 0 Å². The third kappa shape index (κ3) is 6.67. The van der Waals surface area contributed by atoms with Gasteiger partial charge in [-0.05, 0) is 60.9 Å². The fourth-order valence-electron chi connectivity index (χ4n) is 4.07. The van der Waals surface area contributed by atoms with Crippen molar-refractivity contribution in [2.75, 3.05) is 20.3 Å². The van der Waals surface area contributed by atoms with Crippen LogP contribution in [0, 0.1) is 18.8 Å². The third-order valence-corrected chi connectivity index (χ3v) is 6.85. The van der Waals surface area contributed by atoms with E-state index in [4.69, 9.17) is 19.3 Å². The van der Waals surface area contributed by atoms with Crippen LogP contribution in [0.2, 0.25) is 0 Å². The molecule has 0 amide bonds. The highest BCUT2D eigenvalue weighted by molar-refractivity contribution is 7.17. The summed E-state index contributed by atoms with van der Waals surface area (Å²) >= 11 is 1.69. The predicted octanol–water partition coefficient (Wildman–Crippen LogP) is 6.46. The molecule has 0 spiro atoms. The average molecular weight is 516 g/mol. The Morgan fingerprint density at radius 2 is 1.89 bits per heavy atom. The summed E-state index contributed by atoms with van der Waals surface area (Å²) in [6.45, 7) is 5.19. The number of rotatable bonds is 11. The van der Waals surface area contributed by atoms with Gasteiger partial charge in [0.1, 0.15) is 24.7 Å². The number of hydrogen-bond acceptors (Lipinski definition) is 6. The SMILES string of the molecule is CC#CC(CC(=O)O)c1ccc(OCc2ccc3scc(-c4ncc(OCCOC)cc4C)c3c2)cc1. The first-order chi connectivity index (χ1) is 18.0. The van der Waals surface area contributed by atoms with Crippen molar-refractivity contribution >= 4 is 27.4 Å². The number of carbonyl (C=O) groups is 1.